The number of benzene rings is 2. The van der Waals surface area contributed by atoms with Gasteiger partial charge in [-0.1, -0.05) is 60.7 Å². The standard InChI is InChI=1S/C20H21NO2/c22-19-21-15-20(13-18(21)14-23-19,11-16-7-3-1-4-8-16)12-17-9-5-2-6-10-17/h1-10,18H,11-15H2. The van der Waals surface area contributed by atoms with E-state index < -0.39 is 0 Å². The minimum absolute atomic E-state index is 0.104. The van der Waals surface area contributed by atoms with Crippen molar-refractivity contribution >= 4 is 6.09 Å². The topological polar surface area (TPSA) is 29.5 Å². The van der Waals surface area contributed by atoms with Crippen molar-refractivity contribution in [2.75, 3.05) is 13.2 Å². The highest BCUT2D eigenvalue weighted by molar-refractivity contribution is 5.70. The maximum absolute atomic E-state index is 12.0. The predicted molar refractivity (Wildman–Crippen MR) is 89.2 cm³/mol. The molecule has 2 saturated heterocycles. The van der Waals surface area contributed by atoms with Crippen LogP contribution in [0.5, 0.6) is 0 Å². The van der Waals surface area contributed by atoms with Gasteiger partial charge in [0, 0.05) is 6.54 Å². The molecule has 2 fully saturated rings. The van der Waals surface area contributed by atoms with Crippen molar-refractivity contribution in [1.29, 1.82) is 0 Å². The van der Waals surface area contributed by atoms with Gasteiger partial charge in [0.1, 0.15) is 6.61 Å². The molecule has 0 N–H and O–H groups in total. The summed E-state index contributed by atoms with van der Waals surface area (Å²) in [6, 6.07) is 21.5. The van der Waals surface area contributed by atoms with Crippen molar-refractivity contribution in [3.8, 4) is 0 Å². The van der Waals surface area contributed by atoms with Crippen molar-refractivity contribution in [2.45, 2.75) is 25.3 Å². The van der Waals surface area contributed by atoms with Gasteiger partial charge in [0.2, 0.25) is 0 Å². The summed E-state index contributed by atoms with van der Waals surface area (Å²) in [6.07, 6.45) is 2.88. The maximum Gasteiger partial charge on any atom is 0.410 e. The highest BCUT2D eigenvalue weighted by Crippen LogP contribution is 2.43. The van der Waals surface area contributed by atoms with E-state index in [1.54, 1.807) is 0 Å². The molecule has 0 radical (unpaired) electrons. The highest BCUT2D eigenvalue weighted by Gasteiger charge is 2.49. The second-order valence-corrected chi connectivity index (χ2v) is 6.89. The summed E-state index contributed by atoms with van der Waals surface area (Å²) in [5, 5.41) is 0. The number of amides is 1. The Labute approximate surface area is 136 Å². The van der Waals surface area contributed by atoms with Crippen LogP contribution in [0.2, 0.25) is 0 Å². The first kappa shape index (κ1) is 14.3. The molecule has 1 unspecified atom stereocenters. The monoisotopic (exact) mass is 307 g/mol. The quantitative estimate of drug-likeness (QED) is 0.862. The molecular formula is C20H21NO2. The van der Waals surface area contributed by atoms with Crippen LogP contribution in [0.25, 0.3) is 0 Å². The molecule has 23 heavy (non-hydrogen) atoms. The van der Waals surface area contributed by atoms with Gasteiger partial charge in [-0.15, -0.1) is 0 Å². The highest BCUT2D eigenvalue weighted by atomic mass is 16.6. The Balaban J connectivity index is 1.63. The number of hydrogen-bond donors (Lipinski definition) is 0. The van der Waals surface area contributed by atoms with Crippen LogP contribution in [-0.4, -0.2) is 30.2 Å². The number of rotatable bonds is 4. The second kappa shape index (κ2) is 5.73. The molecule has 3 heteroatoms. The lowest BCUT2D eigenvalue weighted by Gasteiger charge is -2.30. The number of fused-ring (bicyclic) bond motifs is 1. The van der Waals surface area contributed by atoms with Gasteiger partial charge < -0.3 is 9.64 Å². The third kappa shape index (κ3) is 2.83. The van der Waals surface area contributed by atoms with E-state index in [-0.39, 0.29) is 17.6 Å². The third-order valence-electron chi connectivity index (χ3n) is 5.09. The lowest BCUT2D eigenvalue weighted by Crippen LogP contribution is -2.33. The van der Waals surface area contributed by atoms with Crippen LogP contribution in [0.3, 0.4) is 0 Å². The average molecular weight is 307 g/mol. The van der Waals surface area contributed by atoms with E-state index in [4.69, 9.17) is 4.74 Å². The Morgan fingerprint density at radius 3 is 2.04 bits per heavy atom. The Hall–Kier alpha value is -2.29. The number of ether oxygens (including phenoxy) is 1. The summed E-state index contributed by atoms with van der Waals surface area (Å²) < 4.78 is 5.20. The normalized spacial score (nSPS) is 22.0. The van der Waals surface area contributed by atoms with Crippen LogP contribution in [0, 0.1) is 5.41 Å². The van der Waals surface area contributed by atoms with E-state index in [1.807, 2.05) is 4.90 Å². The zero-order valence-corrected chi connectivity index (χ0v) is 13.2. The zero-order valence-electron chi connectivity index (χ0n) is 13.2. The molecule has 118 valence electrons. The lowest BCUT2D eigenvalue weighted by atomic mass is 9.75. The van der Waals surface area contributed by atoms with Crippen molar-refractivity contribution in [3.05, 3.63) is 71.8 Å². The number of carbonyl (C=O) groups is 1. The summed E-state index contributed by atoms with van der Waals surface area (Å²) in [5.41, 5.74) is 2.79. The Morgan fingerprint density at radius 2 is 1.52 bits per heavy atom. The summed E-state index contributed by atoms with van der Waals surface area (Å²) in [5.74, 6) is 0. The molecule has 2 aliphatic rings. The molecule has 0 saturated carbocycles. The van der Waals surface area contributed by atoms with Gasteiger partial charge in [-0.05, 0) is 35.8 Å². The second-order valence-electron chi connectivity index (χ2n) is 6.89. The zero-order chi connectivity index (χ0) is 15.7. The Kier molecular flexibility index (Phi) is 3.56. The molecule has 2 heterocycles. The van der Waals surface area contributed by atoms with E-state index in [2.05, 4.69) is 60.7 Å². The van der Waals surface area contributed by atoms with Gasteiger partial charge in [0.05, 0.1) is 6.04 Å². The van der Waals surface area contributed by atoms with E-state index in [1.165, 1.54) is 11.1 Å². The van der Waals surface area contributed by atoms with Gasteiger partial charge in [0.15, 0.2) is 0 Å². The smallest absolute Gasteiger partial charge is 0.410 e. The van der Waals surface area contributed by atoms with Gasteiger partial charge in [-0.2, -0.15) is 0 Å². The summed E-state index contributed by atoms with van der Waals surface area (Å²) >= 11 is 0. The third-order valence-corrected chi connectivity index (χ3v) is 5.09. The minimum atomic E-state index is -0.141. The number of hydrogen-bond acceptors (Lipinski definition) is 2. The first-order valence-electron chi connectivity index (χ1n) is 8.25. The molecule has 1 atom stereocenters. The molecule has 2 aliphatic heterocycles. The Bertz CT molecular complexity index is 642. The van der Waals surface area contributed by atoms with Crippen molar-refractivity contribution < 1.29 is 9.53 Å². The van der Waals surface area contributed by atoms with Crippen LogP contribution < -0.4 is 0 Å². The molecule has 0 bridgehead atoms. The first-order chi connectivity index (χ1) is 11.2. The van der Waals surface area contributed by atoms with Crippen LogP contribution in [0.4, 0.5) is 4.79 Å². The number of carbonyl (C=O) groups excluding carboxylic acids is 1. The molecule has 4 rings (SSSR count). The molecule has 0 spiro atoms. The van der Waals surface area contributed by atoms with Gasteiger partial charge >= 0.3 is 6.09 Å². The molecule has 2 aromatic carbocycles. The molecule has 1 amide bonds. The van der Waals surface area contributed by atoms with E-state index in [0.717, 1.165) is 25.8 Å². The van der Waals surface area contributed by atoms with Crippen LogP contribution >= 0.6 is 0 Å². The van der Waals surface area contributed by atoms with Crippen molar-refractivity contribution in [2.24, 2.45) is 5.41 Å². The minimum Gasteiger partial charge on any atom is -0.447 e. The fourth-order valence-corrected chi connectivity index (χ4v) is 4.15. The molecule has 0 aliphatic carbocycles. The van der Waals surface area contributed by atoms with Crippen molar-refractivity contribution in [3.63, 3.8) is 0 Å². The van der Waals surface area contributed by atoms with E-state index in [9.17, 15) is 4.79 Å². The van der Waals surface area contributed by atoms with E-state index in [0.29, 0.717) is 6.61 Å². The van der Waals surface area contributed by atoms with Crippen LogP contribution in [0.1, 0.15) is 17.5 Å². The van der Waals surface area contributed by atoms with Crippen molar-refractivity contribution in [1.82, 2.24) is 4.90 Å². The number of cyclic esters (lactones) is 1. The first-order valence-corrected chi connectivity index (χ1v) is 8.25. The van der Waals surface area contributed by atoms with E-state index >= 15 is 0 Å². The fraction of sp³-hybridized carbons (Fsp3) is 0.350. The fourth-order valence-electron chi connectivity index (χ4n) is 4.15. The molecular weight excluding hydrogens is 286 g/mol. The van der Waals surface area contributed by atoms with Gasteiger partial charge in [0.25, 0.3) is 0 Å². The number of nitrogens with zero attached hydrogens (tertiary/aromatic N) is 1. The average Bonchev–Trinajstić information content (AvgIpc) is 3.08. The SMILES string of the molecule is O=C1OCC2CC(Cc3ccccc3)(Cc3ccccc3)CN12. The predicted octanol–water partition coefficient (Wildman–Crippen LogP) is 3.68. The lowest BCUT2D eigenvalue weighted by molar-refractivity contribution is 0.147. The summed E-state index contributed by atoms with van der Waals surface area (Å²) in [6.45, 7) is 1.34. The largest absolute Gasteiger partial charge is 0.447 e. The van der Waals surface area contributed by atoms with Crippen LogP contribution in [0.15, 0.2) is 60.7 Å². The molecule has 2 aromatic rings. The van der Waals surface area contributed by atoms with Gasteiger partial charge in [-0.3, -0.25) is 0 Å². The summed E-state index contributed by atoms with van der Waals surface area (Å²) in [4.78, 5) is 13.9. The van der Waals surface area contributed by atoms with Gasteiger partial charge in [-0.25, -0.2) is 4.79 Å². The molecule has 0 aromatic heterocycles. The maximum atomic E-state index is 12.0. The van der Waals surface area contributed by atoms with Crippen LogP contribution in [-0.2, 0) is 17.6 Å². The summed E-state index contributed by atoms with van der Waals surface area (Å²) in [7, 11) is 0. The molecule has 3 nitrogen and oxygen atoms in total. The Morgan fingerprint density at radius 1 is 0.957 bits per heavy atom.